The Morgan fingerprint density at radius 1 is 1.00 bits per heavy atom. The number of hydrogen-bond donors (Lipinski definition) is 1. The number of fused-ring (bicyclic) bond motifs is 1. The van der Waals surface area contributed by atoms with E-state index in [4.69, 9.17) is 9.47 Å². The SMILES string of the molecule is O=CNC1C(=O)N2C(C(=O)OC(c3ccccc3)c3ccccc3)=C(CCOC(=O)N3CCCCC3)CS(=O)[C@H]12. The second-order valence-electron chi connectivity index (χ2n) is 9.86. The molecule has 10 nitrogen and oxygen atoms in total. The molecule has 2 fully saturated rings. The maximum absolute atomic E-state index is 13.8. The van der Waals surface area contributed by atoms with Crippen molar-refractivity contribution in [3.8, 4) is 0 Å². The van der Waals surface area contributed by atoms with Gasteiger partial charge in [-0.05, 0) is 36.0 Å². The van der Waals surface area contributed by atoms with Crippen LogP contribution in [-0.2, 0) is 34.7 Å². The van der Waals surface area contributed by atoms with E-state index in [-0.39, 0.29) is 24.5 Å². The summed E-state index contributed by atoms with van der Waals surface area (Å²) in [4.78, 5) is 53.3. The zero-order valence-corrected chi connectivity index (χ0v) is 22.7. The summed E-state index contributed by atoms with van der Waals surface area (Å²) in [6.07, 6.45) is 2.23. The average molecular weight is 566 g/mol. The lowest BCUT2D eigenvalue weighted by molar-refractivity contribution is -0.154. The topological polar surface area (TPSA) is 122 Å². The van der Waals surface area contributed by atoms with Crippen LogP contribution in [0.2, 0.25) is 0 Å². The number of likely N-dealkylation sites (tertiary alicyclic amines) is 1. The van der Waals surface area contributed by atoms with Crippen LogP contribution in [0.1, 0.15) is 42.9 Å². The van der Waals surface area contributed by atoms with Gasteiger partial charge in [-0.25, -0.2) is 9.59 Å². The van der Waals surface area contributed by atoms with Crippen LogP contribution in [0.4, 0.5) is 4.79 Å². The number of esters is 1. The third-order valence-electron chi connectivity index (χ3n) is 7.32. The molecule has 3 heterocycles. The van der Waals surface area contributed by atoms with Gasteiger partial charge in [-0.1, -0.05) is 60.7 Å². The molecule has 210 valence electrons. The highest BCUT2D eigenvalue weighted by Crippen LogP contribution is 2.38. The second-order valence-corrected chi connectivity index (χ2v) is 11.4. The Labute approximate surface area is 234 Å². The lowest BCUT2D eigenvalue weighted by Crippen LogP contribution is -2.72. The molecule has 0 radical (unpaired) electrons. The number of hydrogen-bond acceptors (Lipinski definition) is 7. The third-order valence-corrected chi connectivity index (χ3v) is 8.97. The van der Waals surface area contributed by atoms with Crippen LogP contribution in [0.15, 0.2) is 71.9 Å². The van der Waals surface area contributed by atoms with E-state index in [1.165, 1.54) is 0 Å². The lowest BCUT2D eigenvalue weighted by Gasteiger charge is -2.49. The highest BCUT2D eigenvalue weighted by Gasteiger charge is 2.57. The molecule has 2 unspecified atom stereocenters. The number of piperidine rings is 1. The Hall–Kier alpha value is -3.99. The summed E-state index contributed by atoms with van der Waals surface area (Å²) >= 11 is 0. The summed E-state index contributed by atoms with van der Waals surface area (Å²) in [5.74, 6) is -1.32. The third kappa shape index (κ3) is 5.65. The van der Waals surface area contributed by atoms with Gasteiger partial charge in [0.2, 0.25) is 6.41 Å². The van der Waals surface area contributed by atoms with Crippen LogP contribution in [0.5, 0.6) is 0 Å². The lowest BCUT2D eigenvalue weighted by atomic mass is 10.00. The average Bonchev–Trinajstić information content (AvgIpc) is 2.99. The minimum atomic E-state index is -1.58. The fourth-order valence-electron chi connectivity index (χ4n) is 5.30. The molecule has 3 amide bonds. The molecule has 2 saturated heterocycles. The van der Waals surface area contributed by atoms with Crippen molar-refractivity contribution < 1.29 is 32.9 Å². The molecule has 0 bridgehead atoms. The van der Waals surface area contributed by atoms with Crippen molar-refractivity contribution in [1.29, 1.82) is 0 Å². The van der Waals surface area contributed by atoms with E-state index in [9.17, 15) is 23.4 Å². The van der Waals surface area contributed by atoms with Crippen LogP contribution in [0.3, 0.4) is 0 Å². The van der Waals surface area contributed by atoms with E-state index in [2.05, 4.69) is 5.32 Å². The number of carbonyl (C=O) groups is 4. The van der Waals surface area contributed by atoms with Crippen molar-refractivity contribution in [2.75, 3.05) is 25.4 Å². The summed E-state index contributed by atoms with van der Waals surface area (Å²) in [5.41, 5.74) is 1.88. The van der Waals surface area contributed by atoms with Gasteiger partial charge in [0.25, 0.3) is 5.91 Å². The maximum Gasteiger partial charge on any atom is 0.409 e. The predicted molar refractivity (Wildman–Crippen MR) is 146 cm³/mol. The Morgan fingerprint density at radius 2 is 1.62 bits per heavy atom. The van der Waals surface area contributed by atoms with Gasteiger partial charge in [0.05, 0.1) is 17.4 Å². The standard InChI is InChI=1S/C29H31N3O7S/c33-19-30-23-26(34)32-24(28(35)39-25(20-10-4-1-5-11-20)21-12-6-2-7-13-21)22(18-40(37)27(23)32)14-17-38-29(36)31-15-8-3-9-16-31/h1-2,4-7,10-13,19,23,25,27H,3,8-9,14-18H2,(H,30,33)/t23?,27-,40?/m1/s1. The number of carbonyl (C=O) groups excluding carboxylic acids is 4. The van der Waals surface area contributed by atoms with E-state index >= 15 is 0 Å². The van der Waals surface area contributed by atoms with Gasteiger partial charge in [0.15, 0.2) is 6.10 Å². The van der Waals surface area contributed by atoms with Crippen molar-refractivity contribution in [2.45, 2.75) is 43.2 Å². The van der Waals surface area contributed by atoms with Crippen LogP contribution < -0.4 is 5.32 Å². The van der Waals surface area contributed by atoms with Crippen LogP contribution in [-0.4, -0.2) is 75.3 Å². The number of rotatable bonds is 9. The number of benzene rings is 2. The highest BCUT2D eigenvalue weighted by molar-refractivity contribution is 7.86. The molecule has 3 aliphatic heterocycles. The Bertz CT molecular complexity index is 1270. The normalized spacial score (nSPS) is 22.3. The Balaban J connectivity index is 1.42. The van der Waals surface area contributed by atoms with Gasteiger partial charge in [0.1, 0.15) is 17.1 Å². The largest absolute Gasteiger partial charge is 0.449 e. The van der Waals surface area contributed by atoms with Crippen LogP contribution in [0.25, 0.3) is 0 Å². The summed E-state index contributed by atoms with van der Waals surface area (Å²) in [6, 6.07) is 17.5. The van der Waals surface area contributed by atoms with Gasteiger partial charge in [-0.3, -0.25) is 18.7 Å². The van der Waals surface area contributed by atoms with Gasteiger partial charge >= 0.3 is 12.1 Å². The summed E-state index contributed by atoms with van der Waals surface area (Å²) < 4.78 is 24.7. The molecular formula is C29H31N3O7S. The Kier molecular flexibility index (Phi) is 8.59. The van der Waals surface area contributed by atoms with Crippen molar-refractivity contribution in [1.82, 2.24) is 15.1 Å². The molecular weight excluding hydrogens is 534 g/mol. The first kappa shape index (κ1) is 27.6. The van der Waals surface area contributed by atoms with E-state index in [0.717, 1.165) is 35.3 Å². The van der Waals surface area contributed by atoms with E-state index in [1.54, 1.807) is 4.90 Å². The highest BCUT2D eigenvalue weighted by atomic mass is 32.2. The number of nitrogens with zero attached hydrogens (tertiary/aromatic N) is 2. The van der Waals surface area contributed by atoms with Gasteiger partial charge < -0.3 is 19.7 Å². The minimum Gasteiger partial charge on any atom is -0.449 e. The fourth-order valence-corrected chi connectivity index (χ4v) is 7.04. The maximum atomic E-state index is 13.8. The van der Waals surface area contributed by atoms with Crippen molar-refractivity contribution in [3.05, 3.63) is 83.1 Å². The molecule has 0 aliphatic carbocycles. The zero-order chi connectivity index (χ0) is 28.1. The molecule has 3 aliphatic rings. The first-order valence-corrected chi connectivity index (χ1v) is 14.7. The molecule has 0 spiro atoms. The summed E-state index contributed by atoms with van der Waals surface area (Å²) in [7, 11) is -1.58. The van der Waals surface area contributed by atoms with Crippen LogP contribution in [0, 0.1) is 0 Å². The van der Waals surface area contributed by atoms with Crippen molar-refractivity contribution in [2.24, 2.45) is 0 Å². The zero-order valence-electron chi connectivity index (χ0n) is 21.9. The molecule has 40 heavy (non-hydrogen) atoms. The molecule has 0 saturated carbocycles. The molecule has 0 aromatic heterocycles. The predicted octanol–water partition coefficient (Wildman–Crippen LogP) is 2.63. The van der Waals surface area contributed by atoms with Gasteiger partial charge in [-0.2, -0.15) is 0 Å². The molecule has 2 aromatic rings. The fraction of sp³-hybridized carbons (Fsp3) is 0.379. The second kappa shape index (κ2) is 12.5. The van der Waals surface area contributed by atoms with Gasteiger partial charge in [0, 0.05) is 25.3 Å². The number of amides is 3. The quantitative estimate of drug-likeness (QED) is 0.282. The number of nitrogens with one attached hydrogen (secondary N) is 1. The van der Waals surface area contributed by atoms with Crippen molar-refractivity contribution >= 4 is 35.2 Å². The molecule has 11 heteroatoms. The molecule has 2 aromatic carbocycles. The first-order chi connectivity index (χ1) is 19.5. The van der Waals surface area contributed by atoms with E-state index in [1.807, 2.05) is 60.7 Å². The molecule has 3 atom stereocenters. The number of β-lactam (4-membered cyclic amide) rings is 1. The molecule has 1 N–H and O–H groups in total. The van der Waals surface area contributed by atoms with Gasteiger partial charge in [-0.15, -0.1) is 0 Å². The number of ether oxygens (including phenoxy) is 2. The monoisotopic (exact) mass is 565 g/mol. The van der Waals surface area contributed by atoms with E-state index < -0.39 is 46.3 Å². The van der Waals surface area contributed by atoms with Crippen molar-refractivity contribution in [3.63, 3.8) is 0 Å². The van der Waals surface area contributed by atoms with E-state index in [0.29, 0.717) is 25.1 Å². The molecule has 5 rings (SSSR count). The smallest absolute Gasteiger partial charge is 0.409 e. The van der Waals surface area contributed by atoms with Crippen LogP contribution >= 0.6 is 0 Å². The minimum absolute atomic E-state index is 0.00978. The Morgan fingerprint density at radius 3 is 2.23 bits per heavy atom. The summed E-state index contributed by atoms with van der Waals surface area (Å²) in [5, 5.41) is 1.53. The summed E-state index contributed by atoms with van der Waals surface area (Å²) in [6.45, 7) is 1.24. The first-order valence-electron chi connectivity index (χ1n) is 13.3.